The van der Waals surface area contributed by atoms with Gasteiger partial charge in [0.05, 0.1) is 27.2 Å². The van der Waals surface area contributed by atoms with E-state index in [1.54, 1.807) is 6.92 Å². The predicted octanol–water partition coefficient (Wildman–Crippen LogP) is 1.06. The fraction of sp³-hybridized carbons (Fsp3) is 0.471. The van der Waals surface area contributed by atoms with E-state index < -0.39 is 29.8 Å². The van der Waals surface area contributed by atoms with E-state index in [1.165, 1.54) is 14.2 Å². The highest BCUT2D eigenvalue weighted by atomic mass is 16.5. The summed E-state index contributed by atoms with van der Waals surface area (Å²) in [6, 6.07) is 8.46. The molecule has 1 aromatic rings. The summed E-state index contributed by atoms with van der Waals surface area (Å²) in [5, 5.41) is 2.54. The zero-order valence-corrected chi connectivity index (χ0v) is 14.1. The molecule has 1 aromatic carbocycles. The molecule has 0 aliphatic heterocycles. The highest BCUT2D eigenvalue weighted by Gasteiger charge is 2.29. The van der Waals surface area contributed by atoms with E-state index in [9.17, 15) is 14.4 Å². The average molecular weight is 337 g/mol. The molecule has 132 valence electrons. The van der Waals surface area contributed by atoms with Gasteiger partial charge in [-0.25, -0.2) is 4.79 Å². The Bertz CT molecular complexity index is 545. The maximum atomic E-state index is 12.0. The molecule has 1 N–H and O–H groups in total. The van der Waals surface area contributed by atoms with Crippen molar-refractivity contribution in [2.45, 2.75) is 26.0 Å². The molecule has 0 bridgehead atoms. The molecule has 2 atom stereocenters. The van der Waals surface area contributed by atoms with Crippen LogP contribution in [0.4, 0.5) is 0 Å². The first-order valence-corrected chi connectivity index (χ1v) is 7.53. The van der Waals surface area contributed by atoms with Crippen molar-refractivity contribution in [2.24, 2.45) is 5.92 Å². The number of rotatable bonds is 9. The second-order valence-corrected chi connectivity index (χ2v) is 5.30. The summed E-state index contributed by atoms with van der Waals surface area (Å²) in [7, 11) is 2.48. The quantitative estimate of drug-likeness (QED) is 0.678. The van der Waals surface area contributed by atoms with Crippen LogP contribution in [-0.4, -0.2) is 44.7 Å². The van der Waals surface area contributed by atoms with Crippen molar-refractivity contribution in [1.29, 1.82) is 0 Å². The number of hydrogen-bond donors (Lipinski definition) is 1. The third kappa shape index (κ3) is 6.78. The van der Waals surface area contributed by atoms with Gasteiger partial charge in [-0.05, 0) is 11.5 Å². The van der Waals surface area contributed by atoms with Crippen LogP contribution in [0.5, 0.6) is 0 Å². The van der Waals surface area contributed by atoms with E-state index in [-0.39, 0.29) is 19.6 Å². The maximum absolute atomic E-state index is 12.0. The lowest BCUT2D eigenvalue weighted by Gasteiger charge is -2.22. The van der Waals surface area contributed by atoms with Crippen LogP contribution in [0.15, 0.2) is 30.3 Å². The number of carbonyl (C=O) groups is 3. The summed E-state index contributed by atoms with van der Waals surface area (Å²) in [5.41, 5.74) is 0.939. The van der Waals surface area contributed by atoms with Gasteiger partial charge >= 0.3 is 11.9 Å². The van der Waals surface area contributed by atoms with Crippen LogP contribution in [0.2, 0.25) is 0 Å². The molecule has 24 heavy (non-hydrogen) atoms. The SMILES string of the molecule is COC(=O)C[C@@H](C)[C@@H](NC(=O)COCc1ccccc1)C(=O)OC. The number of methoxy groups -OCH3 is 2. The molecule has 7 nitrogen and oxygen atoms in total. The average Bonchev–Trinajstić information content (AvgIpc) is 2.59. The maximum Gasteiger partial charge on any atom is 0.328 e. The van der Waals surface area contributed by atoms with Gasteiger partial charge in [0, 0.05) is 0 Å². The first-order chi connectivity index (χ1) is 11.5. The van der Waals surface area contributed by atoms with Gasteiger partial charge in [0.1, 0.15) is 12.6 Å². The van der Waals surface area contributed by atoms with E-state index in [0.29, 0.717) is 0 Å². The Morgan fingerprint density at radius 2 is 1.75 bits per heavy atom. The van der Waals surface area contributed by atoms with E-state index in [1.807, 2.05) is 30.3 Å². The Morgan fingerprint density at radius 3 is 2.33 bits per heavy atom. The van der Waals surface area contributed by atoms with Gasteiger partial charge in [0.25, 0.3) is 0 Å². The van der Waals surface area contributed by atoms with Gasteiger partial charge < -0.3 is 19.5 Å². The van der Waals surface area contributed by atoms with Gasteiger partial charge in [0.15, 0.2) is 0 Å². The smallest absolute Gasteiger partial charge is 0.328 e. The Kier molecular flexibility index (Phi) is 8.49. The third-order valence-electron chi connectivity index (χ3n) is 3.40. The van der Waals surface area contributed by atoms with Crippen molar-refractivity contribution >= 4 is 17.8 Å². The molecule has 7 heteroatoms. The summed E-state index contributed by atoms with van der Waals surface area (Å²) in [6.45, 7) is 1.74. The van der Waals surface area contributed by atoms with Crippen molar-refractivity contribution < 1.29 is 28.6 Å². The minimum atomic E-state index is -0.943. The zero-order chi connectivity index (χ0) is 17.9. The number of ether oxygens (including phenoxy) is 3. The van der Waals surface area contributed by atoms with Gasteiger partial charge in [-0.15, -0.1) is 0 Å². The lowest BCUT2D eigenvalue weighted by atomic mass is 9.98. The minimum absolute atomic E-state index is 0.0125. The number of hydrogen-bond acceptors (Lipinski definition) is 6. The summed E-state index contributed by atoms with van der Waals surface area (Å²) in [4.78, 5) is 35.1. The summed E-state index contributed by atoms with van der Waals surface area (Å²) < 4.78 is 14.6. The summed E-state index contributed by atoms with van der Waals surface area (Å²) >= 11 is 0. The van der Waals surface area contributed by atoms with Gasteiger partial charge in [-0.1, -0.05) is 37.3 Å². The number of amides is 1. The zero-order valence-electron chi connectivity index (χ0n) is 14.1. The summed E-state index contributed by atoms with van der Waals surface area (Å²) in [6.07, 6.45) is -0.0125. The fourth-order valence-electron chi connectivity index (χ4n) is 2.08. The van der Waals surface area contributed by atoms with Gasteiger partial charge in [-0.2, -0.15) is 0 Å². The summed E-state index contributed by atoms with van der Waals surface area (Å²) in [5.74, 6) is -2.02. The number of esters is 2. The monoisotopic (exact) mass is 337 g/mol. The highest BCUT2D eigenvalue weighted by Crippen LogP contribution is 2.11. The Hall–Kier alpha value is -2.41. The second kappa shape index (κ2) is 10.4. The van der Waals surface area contributed by atoms with E-state index in [0.717, 1.165) is 5.56 Å². The number of nitrogens with one attached hydrogen (secondary N) is 1. The van der Waals surface area contributed by atoms with Crippen LogP contribution in [0, 0.1) is 5.92 Å². The fourth-order valence-corrected chi connectivity index (χ4v) is 2.08. The van der Waals surface area contributed by atoms with Crippen LogP contribution in [0.25, 0.3) is 0 Å². The Labute approximate surface area is 141 Å². The Morgan fingerprint density at radius 1 is 1.08 bits per heavy atom. The first-order valence-electron chi connectivity index (χ1n) is 7.53. The molecule has 1 amide bonds. The molecule has 0 fully saturated rings. The molecule has 0 radical (unpaired) electrons. The van der Waals surface area contributed by atoms with Crippen molar-refractivity contribution in [3.63, 3.8) is 0 Å². The lowest BCUT2D eigenvalue weighted by Crippen LogP contribution is -2.47. The highest BCUT2D eigenvalue weighted by molar-refractivity contribution is 5.85. The molecule has 0 unspecified atom stereocenters. The van der Waals surface area contributed by atoms with Crippen molar-refractivity contribution in [3.05, 3.63) is 35.9 Å². The molecule has 1 rings (SSSR count). The Balaban J connectivity index is 2.51. The molecule has 0 spiro atoms. The van der Waals surface area contributed by atoms with E-state index in [4.69, 9.17) is 4.74 Å². The normalized spacial score (nSPS) is 12.8. The van der Waals surface area contributed by atoms with Crippen LogP contribution in [0.1, 0.15) is 18.9 Å². The van der Waals surface area contributed by atoms with E-state index >= 15 is 0 Å². The predicted molar refractivity (Wildman–Crippen MR) is 85.8 cm³/mol. The molecular formula is C17H23NO6. The molecule has 0 aliphatic carbocycles. The minimum Gasteiger partial charge on any atom is -0.469 e. The van der Waals surface area contributed by atoms with Crippen molar-refractivity contribution in [1.82, 2.24) is 5.32 Å². The van der Waals surface area contributed by atoms with Crippen LogP contribution in [0.3, 0.4) is 0 Å². The van der Waals surface area contributed by atoms with Crippen molar-refractivity contribution in [3.8, 4) is 0 Å². The first kappa shape index (κ1) is 19.6. The topological polar surface area (TPSA) is 90.9 Å². The molecular weight excluding hydrogens is 314 g/mol. The van der Waals surface area contributed by atoms with Gasteiger partial charge in [-0.3, -0.25) is 9.59 Å². The van der Waals surface area contributed by atoms with Crippen molar-refractivity contribution in [2.75, 3.05) is 20.8 Å². The van der Waals surface area contributed by atoms with Gasteiger partial charge in [0.2, 0.25) is 5.91 Å². The standard InChI is InChI=1S/C17H23NO6/c1-12(9-15(20)22-2)16(17(21)23-3)18-14(19)11-24-10-13-7-5-4-6-8-13/h4-8,12,16H,9-11H2,1-3H3,(H,18,19)/t12-,16-/m1/s1. The van der Waals surface area contributed by atoms with Crippen LogP contribution >= 0.6 is 0 Å². The molecule has 0 aromatic heterocycles. The van der Waals surface area contributed by atoms with Crippen LogP contribution < -0.4 is 5.32 Å². The number of benzene rings is 1. The second-order valence-electron chi connectivity index (χ2n) is 5.30. The largest absolute Gasteiger partial charge is 0.469 e. The molecule has 0 saturated heterocycles. The molecule has 0 heterocycles. The van der Waals surface area contributed by atoms with Crippen LogP contribution in [-0.2, 0) is 35.2 Å². The lowest BCUT2D eigenvalue weighted by molar-refractivity contribution is -0.149. The van der Waals surface area contributed by atoms with E-state index in [2.05, 4.69) is 14.8 Å². The molecule has 0 aliphatic rings. The third-order valence-corrected chi connectivity index (χ3v) is 3.40. The number of carbonyl (C=O) groups excluding carboxylic acids is 3. The molecule has 0 saturated carbocycles.